The summed E-state index contributed by atoms with van der Waals surface area (Å²) >= 11 is 0. The Labute approximate surface area is 273 Å². The second kappa shape index (κ2) is 9.60. The maximum absolute atomic E-state index is 6.92. The van der Waals surface area contributed by atoms with Gasteiger partial charge in [-0.2, -0.15) is 0 Å². The average molecular weight is 603 g/mol. The van der Waals surface area contributed by atoms with Gasteiger partial charge in [-0.05, 0) is 63.7 Å². The fourth-order valence-corrected chi connectivity index (χ4v) is 8.35. The summed E-state index contributed by atoms with van der Waals surface area (Å²) in [5.74, 6) is 1.79. The Kier molecular flexibility index (Phi) is 5.40. The van der Waals surface area contributed by atoms with Crippen molar-refractivity contribution in [3.63, 3.8) is 0 Å². The highest BCUT2D eigenvalue weighted by Gasteiger charge is 2.51. The molecule has 1 atom stereocenters. The van der Waals surface area contributed by atoms with Gasteiger partial charge in [0.25, 0.3) is 0 Å². The lowest BCUT2D eigenvalue weighted by atomic mass is 9.65. The molecule has 10 rings (SSSR count). The Morgan fingerprint density at radius 1 is 0.638 bits per heavy atom. The van der Waals surface area contributed by atoms with Crippen LogP contribution in [0.5, 0.6) is 11.5 Å². The summed E-state index contributed by atoms with van der Waals surface area (Å²) in [4.78, 5) is 10.0. The number of allylic oxidation sites excluding steroid dienone is 1. The smallest absolute Gasteiger partial charge is 0.140 e. The lowest BCUT2D eigenvalue weighted by Crippen LogP contribution is -2.39. The van der Waals surface area contributed by atoms with Crippen molar-refractivity contribution in [2.75, 3.05) is 0 Å². The first-order chi connectivity index (χ1) is 23.1. The molecule has 4 aliphatic rings. The molecule has 1 unspecified atom stereocenters. The van der Waals surface area contributed by atoms with Crippen LogP contribution in [0, 0.1) is 5.41 Å². The van der Waals surface area contributed by atoms with E-state index in [0.29, 0.717) is 0 Å². The minimum Gasteiger partial charge on any atom is -0.456 e. The van der Waals surface area contributed by atoms with Gasteiger partial charge in [-0.15, -0.1) is 0 Å². The van der Waals surface area contributed by atoms with Gasteiger partial charge in [-0.1, -0.05) is 128 Å². The molecule has 6 aromatic rings. The minimum atomic E-state index is -0.486. The highest BCUT2D eigenvalue weighted by atomic mass is 16.5. The van der Waals surface area contributed by atoms with E-state index in [4.69, 9.17) is 14.7 Å². The molecule has 0 amide bonds. The highest BCUT2D eigenvalue weighted by molar-refractivity contribution is 5.90. The third kappa shape index (κ3) is 3.57. The topological polar surface area (TPSA) is 34.5 Å². The SMILES string of the molecule is CC12C=CC=NC1=c1nc(-c3cccc(-c4cccc5c4Oc4ccccc4C54c5ccccc5-c5ccccc54)c3)ccc1=CC2. The molecule has 0 radical (unpaired) electrons. The summed E-state index contributed by atoms with van der Waals surface area (Å²) in [5, 5.41) is 2.12. The number of pyridine rings is 1. The third-order valence-corrected chi connectivity index (χ3v) is 10.5. The van der Waals surface area contributed by atoms with Crippen LogP contribution in [0.3, 0.4) is 0 Å². The van der Waals surface area contributed by atoms with Crippen LogP contribution in [0.1, 0.15) is 35.6 Å². The lowest BCUT2D eigenvalue weighted by molar-refractivity contribution is 0.438. The molecule has 47 heavy (non-hydrogen) atoms. The lowest BCUT2D eigenvalue weighted by Gasteiger charge is -2.40. The Balaban J connectivity index is 1.19. The number of aliphatic imine (C=N–C) groups is 1. The minimum absolute atomic E-state index is 0.126. The first-order valence-corrected chi connectivity index (χ1v) is 16.3. The van der Waals surface area contributed by atoms with Gasteiger partial charge < -0.3 is 4.74 Å². The largest absolute Gasteiger partial charge is 0.456 e. The monoisotopic (exact) mass is 602 g/mol. The van der Waals surface area contributed by atoms with Crippen molar-refractivity contribution in [3.05, 3.63) is 172 Å². The van der Waals surface area contributed by atoms with E-state index in [-0.39, 0.29) is 5.41 Å². The number of hydrogen-bond donors (Lipinski definition) is 0. The standard InChI is InChI=1S/C44H30N2O/c1-43-24-10-26-45-42(43)40-28(23-25-43)21-22-38(46-40)30-12-8-11-29(27-30)31-15-9-19-37-41(31)47-39-20-7-6-18-36(39)44(37)34-16-4-2-13-32(34)33-14-3-5-17-35(33)44/h2-24,26-27H,25H2,1H3. The number of hydrogen-bond acceptors (Lipinski definition) is 3. The Morgan fingerprint density at radius 2 is 1.32 bits per heavy atom. The van der Waals surface area contributed by atoms with Gasteiger partial charge in [0.1, 0.15) is 11.5 Å². The van der Waals surface area contributed by atoms with Crippen LogP contribution in [-0.4, -0.2) is 11.2 Å². The molecule has 0 fully saturated rings. The Morgan fingerprint density at radius 3 is 2.15 bits per heavy atom. The number of fused-ring (bicyclic) bond motifs is 11. The highest BCUT2D eigenvalue weighted by Crippen LogP contribution is 2.63. The number of dihydropyridines is 1. The third-order valence-electron chi connectivity index (χ3n) is 10.5. The van der Waals surface area contributed by atoms with Crippen LogP contribution < -0.4 is 15.3 Å². The summed E-state index contributed by atoms with van der Waals surface area (Å²) in [7, 11) is 0. The molecular weight excluding hydrogens is 572 g/mol. The molecule has 2 aliphatic heterocycles. The van der Waals surface area contributed by atoms with Crippen LogP contribution in [0.25, 0.3) is 45.3 Å². The maximum atomic E-state index is 6.92. The molecule has 3 nitrogen and oxygen atoms in total. The number of aromatic nitrogens is 1. The van der Waals surface area contributed by atoms with Gasteiger partial charge in [0.05, 0.1) is 22.2 Å². The van der Waals surface area contributed by atoms with Crippen LogP contribution in [0.2, 0.25) is 0 Å². The maximum Gasteiger partial charge on any atom is 0.140 e. The molecule has 5 aromatic carbocycles. The van der Waals surface area contributed by atoms with Gasteiger partial charge in [-0.25, -0.2) is 4.98 Å². The quantitative estimate of drug-likeness (QED) is 0.198. The summed E-state index contributed by atoms with van der Waals surface area (Å²) in [6.07, 6.45) is 9.39. The first kappa shape index (κ1) is 26.4. The summed E-state index contributed by atoms with van der Waals surface area (Å²) < 4.78 is 6.92. The predicted octanol–water partition coefficient (Wildman–Crippen LogP) is 8.82. The van der Waals surface area contributed by atoms with Crippen molar-refractivity contribution >= 4 is 18.0 Å². The molecule has 1 spiro atoms. The van der Waals surface area contributed by atoms with E-state index in [9.17, 15) is 0 Å². The normalized spacial score (nSPS) is 18.6. The molecule has 0 saturated carbocycles. The second-order valence-corrected chi connectivity index (χ2v) is 13.1. The molecule has 3 heterocycles. The first-order valence-electron chi connectivity index (χ1n) is 16.3. The van der Waals surface area contributed by atoms with Crippen LogP contribution in [0.4, 0.5) is 0 Å². The molecule has 0 bridgehead atoms. The number of para-hydroxylation sites is 2. The zero-order valence-electron chi connectivity index (χ0n) is 25.9. The van der Waals surface area contributed by atoms with Gasteiger partial charge in [0.15, 0.2) is 0 Å². The number of nitrogens with zero attached hydrogens (tertiary/aromatic N) is 2. The van der Waals surface area contributed by atoms with E-state index in [1.54, 1.807) is 0 Å². The molecular formula is C44H30N2O. The van der Waals surface area contributed by atoms with Crippen molar-refractivity contribution in [1.82, 2.24) is 4.98 Å². The fraction of sp³-hybridized carbons (Fsp3) is 0.0909. The van der Waals surface area contributed by atoms with Crippen molar-refractivity contribution in [3.8, 4) is 45.0 Å². The molecule has 1 aromatic heterocycles. The molecule has 0 saturated heterocycles. The van der Waals surface area contributed by atoms with Gasteiger partial charge in [-0.3, -0.25) is 4.99 Å². The van der Waals surface area contributed by atoms with Crippen molar-refractivity contribution in [2.24, 2.45) is 10.4 Å². The number of rotatable bonds is 2. The van der Waals surface area contributed by atoms with Crippen molar-refractivity contribution in [2.45, 2.75) is 18.8 Å². The van der Waals surface area contributed by atoms with E-state index in [0.717, 1.165) is 62.1 Å². The van der Waals surface area contributed by atoms with Crippen LogP contribution >= 0.6 is 0 Å². The second-order valence-electron chi connectivity index (χ2n) is 13.1. The van der Waals surface area contributed by atoms with Gasteiger partial charge in [0, 0.05) is 33.9 Å². The zero-order valence-corrected chi connectivity index (χ0v) is 25.9. The summed E-state index contributed by atoms with van der Waals surface area (Å²) in [5.41, 5.74) is 12.1. The van der Waals surface area contributed by atoms with Crippen LogP contribution in [-0.2, 0) is 5.41 Å². The van der Waals surface area contributed by atoms with Gasteiger partial charge >= 0.3 is 0 Å². The van der Waals surface area contributed by atoms with E-state index >= 15 is 0 Å². The molecule has 0 N–H and O–H groups in total. The number of benzene rings is 5. The van der Waals surface area contributed by atoms with Crippen molar-refractivity contribution < 1.29 is 4.74 Å². The van der Waals surface area contributed by atoms with Crippen molar-refractivity contribution in [1.29, 1.82) is 0 Å². The van der Waals surface area contributed by atoms with E-state index in [1.165, 1.54) is 27.8 Å². The van der Waals surface area contributed by atoms with E-state index in [2.05, 4.69) is 146 Å². The number of ether oxygens (including phenoxy) is 1. The van der Waals surface area contributed by atoms with E-state index < -0.39 is 5.41 Å². The summed E-state index contributed by atoms with van der Waals surface area (Å²) in [6.45, 7) is 2.24. The molecule has 222 valence electrons. The molecule has 3 heteroatoms. The zero-order chi connectivity index (χ0) is 31.2. The van der Waals surface area contributed by atoms with Gasteiger partial charge in [0.2, 0.25) is 0 Å². The average Bonchev–Trinajstić information content (AvgIpc) is 3.42. The Hall–Kier alpha value is -5.80. The predicted molar refractivity (Wildman–Crippen MR) is 190 cm³/mol. The Bertz CT molecular complexity index is 2460. The summed E-state index contributed by atoms with van der Waals surface area (Å²) in [6, 6.07) is 45.9. The molecule has 2 aliphatic carbocycles. The fourth-order valence-electron chi connectivity index (χ4n) is 8.35. The van der Waals surface area contributed by atoms with E-state index in [1.807, 2.05) is 12.3 Å². The van der Waals surface area contributed by atoms with Crippen LogP contribution in [0.15, 0.2) is 145 Å².